The van der Waals surface area contributed by atoms with Crippen LogP contribution in [0.15, 0.2) is 23.4 Å². The van der Waals surface area contributed by atoms with E-state index in [-0.39, 0.29) is 17.5 Å². The molecule has 0 bridgehead atoms. The Morgan fingerprint density at radius 2 is 1.88 bits per heavy atom. The summed E-state index contributed by atoms with van der Waals surface area (Å²) in [6.45, 7) is 3.61. The second-order valence-electron chi connectivity index (χ2n) is 6.33. The number of benzene rings is 1. The molecule has 10 heteroatoms. The molecule has 1 aliphatic carbocycles. The number of nitrogens with zero attached hydrogens (tertiary/aromatic N) is 3. The minimum absolute atomic E-state index is 0.0476. The maximum absolute atomic E-state index is 13.7. The van der Waals surface area contributed by atoms with Crippen molar-refractivity contribution < 1.29 is 25.5 Å². The molecule has 136 valence electrons. The van der Waals surface area contributed by atoms with Gasteiger partial charge in [-0.05, 0) is 41.9 Å². The van der Waals surface area contributed by atoms with E-state index in [2.05, 4.69) is 10.1 Å². The lowest BCUT2D eigenvalue weighted by atomic mass is 9.97. The number of alkyl halides is 3. The van der Waals surface area contributed by atoms with Gasteiger partial charge >= 0.3 is 16.4 Å². The van der Waals surface area contributed by atoms with Crippen LogP contribution in [0.25, 0.3) is 5.69 Å². The van der Waals surface area contributed by atoms with Gasteiger partial charge in [-0.15, -0.1) is 8.98 Å². The van der Waals surface area contributed by atoms with E-state index in [1.807, 2.05) is 0 Å². The first-order valence-corrected chi connectivity index (χ1v) is 8.98. The van der Waals surface area contributed by atoms with E-state index in [9.17, 15) is 25.5 Å². The van der Waals surface area contributed by atoms with Crippen LogP contribution in [0.4, 0.5) is 17.1 Å². The van der Waals surface area contributed by atoms with E-state index < -0.39 is 27.1 Å². The summed E-state index contributed by atoms with van der Waals surface area (Å²) in [4.78, 5) is 2.69. The summed E-state index contributed by atoms with van der Waals surface area (Å²) >= 11 is 0. The fraction of sp³-hybridized carbons (Fsp3) is 0.467. The van der Waals surface area contributed by atoms with Gasteiger partial charge in [0, 0.05) is 0 Å². The Balaban J connectivity index is 2.23. The van der Waals surface area contributed by atoms with Crippen molar-refractivity contribution in [3.05, 3.63) is 35.4 Å². The van der Waals surface area contributed by atoms with Crippen LogP contribution in [0.1, 0.15) is 55.5 Å². The Morgan fingerprint density at radius 3 is 2.32 bits per heavy atom. The van der Waals surface area contributed by atoms with Crippen molar-refractivity contribution in [2.24, 2.45) is 0 Å². The lowest BCUT2D eigenvalue weighted by molar-refractivity contribution is -0.144. The van der Waals surface area contributed by atoms with Crippen LogP contribution in [0.2, 0.25) is 0 Å². The summed E-state index contributed by atoms with van der Waals surface area (Å²) in [5.41, 5.74) is 1.01. The topological polar surface area (TPSA) is 64.8 Å². The van der Waals surface area contributed by atoms with Crippen LogP contribution < -0.4 is 0 Å². The zero-order valence-electron chi connectivity index (χ0n) is 13.4. The molecule has 0 unspecified atom stereocenters. The highest BCUT2D eigenvalue weighted by atomic mass is 32.3. The Hall–Kier alpha value is -1.97. The Morgan fingerprint density at radius 1 is 1.24 bits per heavy atom. The maximum atomic E-state index is 13.7. The predicted molar refractivity (Wildman–Crippen MR) is 80.7 cm³/mol. The highest BCUT2D eigenvalue weighted by Gasteiger charge is 2.37. The minimum atomic E-state index is -5.02. The molecule has 0 saturated heterocycles. The molecule has 0 aliphatic heterocycles. The second kappa shape index (κ2) is 5.79. The summed E-state index contributed by atoms with van der Waals surface area (Å²) in [7, 11) is -5.02. The monoisotopic (exact) mass is 377 g/mol. The molecule has 1 fully saturated rings. The molecule has 0 radical (unpaired) electrons. The van der Waals surface area contributed by atoms with E-state index in [4.69, 9.17) is 0 Å². The van der Waals surface area contributed by atoms with E-state index in [1.54, 1.807) is 19.9 Å². The smallest absolute Gasteiger partial charge is 0.220 e. The van der Waals surface area contributed by atoms with Gasteiger partial charge < -0.3 is 0 Å². The molecule has 0 amide bonds. The molecular formula is C15H15F4N3O2S. The van der Waals surface area contributed by atoms with Crippen molar-refractivity contribution in [2.75, 3.05) is 0 Å². The van der Waals surface area contributed by atoms with Gasteiger partial charge in [-0.25, -0.2) is 9.67 Å². The van der Waals surface area contributed by atoms with E-state index in [0.29, 0.717) is 11.1 Å². The number of hydrogen-bond acceptors (Lipinski definition) is 4. The highest BCUT2D eigenvalue weighted by molar-refractivity contribution is 7.86. The summed E-state index contributed by atoms with van der Waals surface area (Å²) in [6.07, 6.45) is -2.39. The zero-order chi connectivity index (χ0) is 18.6. The third-order valence-corrected chi connectivity index (χ3v) is 4.93. The SMILES string of the molecule is CC(C)c1cc(C2CC2)c(S(=O)(=O)F)cc1-n1cnc(C(F)(F)F)n1. The maximum Gasteiger partial charge on any atom is 0.453 e. The molecule has 25 heavy (non-hydrogen) atoms. The van der Waals surface area contributed by atoms with Crippen molar-refractivity contribution in [2.45, 2.75) is 49.6 Å². The van der Waals surface area contributed by atoms with Crippen molar-refractivity contribution in [3.63, 3.8) is 0 Å². The van der Waals surface area contributed by atoms with Gasteiger partial charge in [-0.3, -0.25) is 0 Å². The number of halogens is 4. The fourth-order valence-electron chi connectivity index (χ4n) is 2.70. The molecule has 1 heterocycles. The normalized spacial score (nSPS) is 15.8. The lowest BCUT2D eigenvalue weighted by Gasteiger charge is -2.16. The van der Waals surface area contributed by atoms with Gasteiger partial charge in [0.1, 0.15) is 11.2 Å². The molecule has 0 spiro atoms. The quantitative estimate of drug-likeness (QED) is 0.598. The average Bonchev–Trinajstić information content (AvgIpc) is 3.19. The molecule has 0 atom stereocenters. The Labute approximate surface area is 141 Å². The summed E-state index contributed by atoms with van der Waals surface area (Å²) in [5.74, 6) is -1.53. The second-order valence-corrected chi connectivity index (χ2v) is 7.64. The van der Waals surface area contributed by atoms with Gasteiger partial charge in [-0.1, -0.05) is 19.9 Å². The fourth-order valence-corrected chi connectivity index (χ4v) is 3.46. The van der Waals surface area contributed by atoms with Crippen molar-refractivity contribution >= 4 is 10.2 Å². The van der Waals surface area contributed by atoms with Gasteiger partial charge in [0.15, 0.2) is 0 Å². The van der Waals surface area contributed by atoms with Gasteiger partial charge in [-0.2, -0.15) is 21.6 Å². The molecule has 1 aromatic heterocycles. The van der Waals surface area contributed by atoms with Crippen molar-refractivity contribution in [1.29, 1.82) is 0 Å². The van der Waals surface area contributed by atoms with Crippen LogP contribution in [-0.4, -0.2) is 23.2 Å². The van der Waals surface area contributed by atoms with Crippen LogP contribution in [-0.2, 0) is 16.4 Å². The predicted octanol–water partition coefficient (Wildman–Crippen LogP) is 3.95. The van der Waals surface area contributed by atoms with E-state index >= 15 is 0 Å². The lowest BCUT2D eigenvalue weighted by Crippen LogP contribution is -2.11. The molecule has 0 N–H and O–H groups in total. The first-order valence-electron chi connectivity index (χ1n) is 7.60. The van der Waals surface area contributed by atoms with Crippen molar-refractivity contribution in [3.8, 4) is 5.69 Å². The molecule has 1 aromatic carbocycles. The molecule has 3 rings (SSSR count). The third kappa shape index (κ3) is 3.53. The average molecular weight is 377 g/mol. The van der Waals surface area contributed by atoms with Gasteiger partial charge in [0.05, 0.1) is 5.69 Å². The number of aromatic nitrogens is 3. The van der Waals surface area contributed by atoms with Crippen molar-refractivity contribution in [1.82, 2.24) is 14.8 Å². The summed E-state index contributed by atoms with van der Waals surface area (Å²) < 4.78 is 75.8. The van der Waals surface area contributed by atoms with Crippen LogP contribution >= 0.6 is 0 Å². The Kier molecular flexibility index (Phi) is 4.13. The zero-order valence-corrected chi connectivity index (χ0v) is 14.2. The van der Waals surface area contributed by atoms with Crippen LogP contribution in [0.5, 0.6) is 0 Å². The Bertz CT molecular complexity index is 915. The minimum Gasteiger partial charge on any atom is -0.220 e. The third-order valence-electron chi connectivity index (χ3n) is 4.05. The van der Waals surface area contributed by atoms with E-state index in [0.717, 1.165) is 29.9 Å². The first kappa shape index (κ1) is 17.8. The molecule has 1 saturated carbocycles. The molecule has 1 aliphatic rings. The molecule has 5 nitrogen and oxygen atoms in total. The van der Waals surface area contributed by atoms with Gasteiger partial charge in [0.25, 0.3) is 5.82 Å². The summed E-state index contributed by atoms with van der Waals surface area (Å²) in [6, 6.07) is 2.60. The van der Waals surface area contributed by atoms with E-state index in [1.165, 1.54) is 0 Å². The number of hydrogen-bond donors (Lipinski definition) is 0. The first-order chi connectivity index (χ1) is 11.5. The van der Waals surface area contributed by atoms with Crippen LogP contribution in [0.3, 0.4) is 0 Å². The standard InChI is InChI=1S/C15H15F4N3O2S/c1-8(2)10-5-11(9-3-4-9)13(25(19,23)24)6-12(10)22-7-20-14(21-22)15(16,17)18/h5-9H,3-4H2,1-2H3. The molecular weight excluding hydrogens is 362 g/mol. The number of rotatable bonds is 4. The molecule has 2 aromatic rings. The largest absolute Gasteiger partial charge is 0.453 e. The van der Waals surface area contributed by atoms with Gasteiger partial charge in [0.2, 0.25) is 0 Å². The highest BCUT2D eigenvalue weighted by Crippen LogP contribution is 2.45. The summed E-state index contributed by atoms with van der Waals surface area (Å²) in [5, 5.41) is 3.37. The van der Waals surface area contributed by atoms with Crippen LogP contribution in [0, 0.1) is 0 Å².